The number of allylic oxidation sites excluding steroid dienone is 2. The normalized spacial score (nSPS) is 11.1. The maximum Gasteiger partial charge on any atom is 0.343 e. The molecule has 0 aliphatic carbocycles. The minimum Gasteiger partial charge on any atom is -0.494 e. The summed E-state index contributed by atoms with van der Waals surface area (Å²) in [5.41, 5.74) is 5.23. The molecule has 0 unspecified atom stereocenters. The Morgan fingerprint density at radius 3 is 1.90 bits per heavy atom. The van der Waals surface area contributed by atoms with E-state index in [1.807, 2.05) is 13.0 Å². The lowest BCUT2D eigenvalue weighted by molar-refractivity contribution is -0.137. The second-order valence-electron chi connectivity index (χ2n) is 13.2. The van der Waals surface area contributed by atoms with E-state index >= 15 is 0 Å². The van der Waals surface area contributed by atoms with Gasteiger partial charge in [0.15, 0.2) is 0 Å². The number of carbonyl (C=O) groups excluding carboxylic acids is 4. The van der Waals surface area contributed by atoms with Gasteiger partial charge in [-0.3, -0.25) is 10.2 Å². The van der Waals surface area contributed by atoms with E-state index in [-0.39, 0.29) is 11.5 Å². The zero-order valence-electron chi connectivity index (χ0n) is 34.0. The molecule has 60 heavy (non-hydrogen) atoms. The van der Waals surface area contributed by atoms with Crippen molar-refractivity contribution in [1.82, 2.24) is 4.98 Å². The SMILES string of the molecule is C=C/C=C\c1nc(N/N=C(\C)c2cc(OC(=O)c3ccc(OCCCCCCOC=O)cc3)ccc2OC(=O)c2ccc(OCCCCCCOC(=O)C=C)cc2)sc1C. The summed E-state index contributed by atoms with van der Waals surface area (Å²) in [7, 11) is 0. The predicted octanol–water partition coefficient (Wildman–Crippen LogP) is 9.71. The molecule has 316 valence electrons. The van der Waals surface area contributed by atoms with Crippen LogP contribution in [0.3, 0.4) is 0 Å². The first-order chi connectivity index (χ1) is 29.2. The minimum absolute atomic E-state index is 0.197. The van der Waals surface area contributed by atoms with Crippen LogP contribution in [0.2, 0.25) is 0 Å². The maximum atomic E-state index is 13.4. The van der Waals surface area contributed by atoms with E-state index in [0.717, 1.165) is 68.0 Å². The van der Waals surface area contributed by atoms with Gasteiger partial charge in [-0.05, 0) is 138 Å². The van der Waals surface area contributed by atoms with Crippen LogP contribution in [0.4, 0.5) is 5.13 Å². The van der Waals surface area contributed by atoms with Crippen molar-refractivity contribution in [3.05, 3.63) is 125 Å². The Kier molecular flexibility index (Phi) is 19.8. The third-order valence-corrected chi connectivity index (χ3v) is 9.58. The molecule has 0 saturated heterocycles. The molecular weight excluding hydrogens is 787 g/mol. The summed E-state index contributed by atoms with van der Waals surface area (Å²) in [6, 6.07) is 18.0. The molecule has 0 saturated carbocycles. The summed E-state index contributed by atoms with van der Waals surface area (Å²) in [6.45, 7) is 13.0. The first-order valence-electron chi connectivity index (χ1n) is 19.7. The minimum atomic E-state index is -0.605. The van der Waals surface area contributed by atoms with Crippen molar-refractivity contribution in [2.24, 2.45) is 5.10 Å². The van der Waals surface area contributed by atoms with Gasteiger partial charge >= 0.3 is 17.9 Å². The summed E-state index contributed by atoms with van der Waals surface area (Å²) in [6.07, 6.45) is 13.4. The van der Waals surface area contributed by atoms with Gasteiger partial charge in [0, 0.05) is 16.5 Å². The molecule has 4 rings (SSSR count). The van der Waals surface area contributed by atoms with E-state index in [1.54, 1.807) is 85.8 Å². The molecule has 14 heteroatoms. The zero-order chi connectivity index (χ0) is 43.0. The summed E-state index contributed by atoms with van der Waals surface area (Å²) < 4.78 is 33.0. The van der Waals surface area contributed by atoms with Crippen molar-refractivity contribution >= 4 is 52.6 Å². The number of hydrogen-bond acceptors (Lipinski definition) is 14. The van der Waals surface area contributed by atoms with E-state index in [0.29, 0.717) is 71.9 Å². The van der Waals surface area contributed by atoms with E-state index in [4.69, 9.17) is 28.4 Å². The van der Waals surface area contributed by atoms with Crippen LogP contribution in [0.15, 0.2) is 103 Å². The Morgan fingerprint density at radius 1 is 0.750 bits per heavy atom. The highest BCUT2D eigenvalue weighted by Crippen LogP contribution is 2.29. The first kappa shape index (κ1) is 46.2. The van der Waals surface area contributed by atoms with E-state index in [9.17, 15) is 19.2 Å². The van der Waals surface area contributed by atoms with Crippen LogP contribution in [-0.2, 0) is 19.1 Å². The molecule has 0 radical (unpaired) electrons. The van der Waals surface area contributed by atoms with Crippen LogP contribution in [0, 0.1) is 6.92 Å². The van der Waals surface area contributed by atoms with E-state index in [2.05, 4.69) is 28.7 Å². The van der Waals surface area contributed by atoms with Crippen molar-refractivity contribution in [3.63, 3.8) is 0 Å². The number of anilines is 1. The lowest BCUT2D eigenvalue weighted by atomic mass is 10.1. The van der Waals surface area contributed by atoms with Crippen LogP contribution < -0.4 is 24.4 Å². The second-order valence-corrected chi connectivity index (χ2v) is 14.4. The van der Waals surface area contributed by atoms with Crippen LogP contribution in [0.5, 0.6) is 23.0 Å². The smallest absolute Gasteiger partial charge is 0.343 e. The number of nitrogens with zero attached hydrogens (tertiary/aromatic N) is 2. The molecule has 3 aromatic carbocycles. The zero-order valence-corrected chi connectivity index (χ0v) is 34.8. The van der Waals surface area contributed by atoms with Gasteiger partial charge in [0.1, 0.15) is 23.0 Å². The number of carbonyl (C=O) groups is 4. The molecule has 0 spiro atoms. The van der Waals surface area contributed by atoms with Crippen LogP contribution in [0.25, 0.3) is 6.08 Å². The molecule has 13 nitrogen and oxygen atoms in total. The van der Waals surface area contributed by atoms with Gasteiger partial charge < -0.3 is 28.4 Å². The highest BCUT2D eigenvalue weighted by Gasteiger charge is 2.18. The van der Waals surface area contributed by atoms with Crippen molar-refractivity contribution in [2.45, 2.75) is 65.2 Å². The van der Waals surface area contributed by atoms with Gasteiger partial charge in [0.05, 0.1) is 49.0 Å². The molecule has 1 aromatic heterocycles. The Balaban J connectivity index is 1.40. The number of unbranched alkanes of at least 4 members (excludes halogenated alkanes) is 6. The maximum absolute atomic E-state index is 13.4. The number of ether oxygens (including phenoxy) is 6. The Morgan fingerprint density at radius 2 is 1.32 bits per heavy atom. The number of rotatable bonds is 27. The molecule has 0 amide bonds. The molecule has 4 aromatic rings. The fourth-order valence-corrected chi connectivity index (χ4v) is 6.21. The standard InChI is InChI=1S/C46H51N3O10S/c1-5-7-16-41-34(4)60-46(47-41)49-48-33(3)40-31-39(58-44(52)35-17-21-37(22-18-35)55-28-13-9-8-12-27-54-32-50)25-26-42(40)59-45(53)36-19-23-38(24-20-36)56-29-14-10-11-15-30-57-43(51)6-2/h5-7,16-26,31-32H,1-2,8-15,27-30H2,3-4H3,(H,47,49)/b16-7-,48-33+. The fourth-order valence-electron chi connectivity index (χ4n) is 5.46. The fraction of sp³-hybridized carbons (Fsp3) is 0.304. The number of hydrogen-bond donors (Lipinski definition) is 1. The van der Waals surface area contributed by atoms with Crippen molar-refractivity contribution in [2.75, 3.05) is 31.9 Å². The van der Waals surface area contributed by atoms with Gasteiger partial charge in [-0.2, -0.15) is 5.10 Å². The van der Waals surface area contributed by atoms with Crippen LogP contribution in [0.1, 0.15) is 95.1 Å². The molecule has 0 bridgehead atoms. The summed E-state index contributed by atoms with van der Waals surface area (Å²) in [5.74, 6) is 0.0330. The average Bonchev–Trinajstić information content (AvgIpc) is 3.62. The monoisotopic (exact) mass is 837 g/mol. The van der Waals surface area contributed by atoms with Crippen LogP contribution >= 0.6 is 11.3 Å². The third kappa shape index (κ3) is 16.0. The highest BCUT2D eigenvalue weighted by molar-refractivity contribution is 7.15. The molecule has 0 aliphatic rings. The second kappa shape index (κ2) is 25.7. The number of benzene rings is 3. The van der Waals surface area contributed by atoms with Gasteiger partial charge in [0.25, 0.3) is 6.47 Å². The Labute approximate surface area is 354 Å². The van der Waals surface area contributed by atoms with Gasteiger partial charge in [-0.15, -0.1) is 11.3 Å². The van der Waals surface area contributed by atoms with Gasteiger partial charge in [-0.1, -0.05) is 25.3 Å². The number of nitrogens with one attached hydrogen (secondary N) is 1. The van der Waals surface area contributed by atoms with E-state index in [1.165, 1.54) is 11.3 Å². The summed E-state index contributed by atoms with van der Waals surface area (Å²) in [4.78, 5) is 53.5. The number of aryl methyl sites for hydroxylation is 1. The Hall–Kier alpha value is -6.54. The van der Waals surface area contributed by atoms with Crippen LogP contribution in [-0.4, -0.2) is 61.5 Å². The summed E-state index contributed by atoms with van der Waals surface area (Å²) >= 11 is 1.43. The van der Waals surface area contributed by atoms with E-state index < -0.39 is 17.9 Å². The van der Waals surface area contributed by atoms with Crippen molar-refractivity contribution in [3.8, 4) is 23.0 Å². The first-order valence-corrected chi connectivity index (χ1v) is 20.5. The molecular formula is C46H51N3O10S. The number of hydrazone groups is 1. The third-order valence-electron chi connectivity index (χ3n) is 8.69. The lowest BCUT2D eigenvalue weighted by Gasteiger charge is -2.13. The topological polar surface area (TPSA) is 161 Å². The summed E-state index contributed by atoms with van der Waals surface area (Å²) in [5, 5.41) is 5.08. The van der Waals surface area contributed by atoms with Gasteiger partial charge in [0.2, 0.25) is 5.13 Å². The lowest BCUT2D eigenvalue weighted by Crippen LogP contribution is -2.13. The number of esters is 3. The number of thiazole rings is 1. The molecule has 0 aliphatic heterocycles. The van der Waals surface area contributed by atoms with Crippen molar-refractivity contribution in [1.29, 1.82) is 0 Å². The van der Waals surface area contributed by atoms with Crippen molar-refractivity contribution < 1.29 is 47.6 Å². The highest BCUT2D eigenvalue weighted by atomic mass is 32.1. The Bertz CT molecular complexity index is 2090. The number of aromatic nitrogens is 1. The average molecular weight is 838 g/mol. The molecule has 1 N–H and O–H groups in total. The predicted molar refractivity (Wildman–Crippen MR) is 232 cm³/mol. The molecule has 1 heterocycles. The molecule has 0 fully saturated rings. The van der Waals surface area contributed by atoms with Gasteiger partial charge in [-0.25, -0.2) is 19.4 Å². The molecule has 0 atom stereocenters. The quantitative estimate of drug-likeness (QED) is 0.00886. The largest absolute Gasteiger partial charge is 0.494 e.